The van der Waals surface area contributed by atoms with Crippen LogP contribution in [0.4, 0.5) is 5.69 Å². The first kappa shape index (κ1) is 15.3. The molecule has 2 heterocycles. The van der Waals surface area contributed by atoms with Crippen LogP contribution in [0.2, 0.25) is 0 Å². The van der Waals surface area contributed by atoms with Gasteiger partial charge in [-0.15, -0.1) is 0 Å². The second kappa shape index (κ2) is 5.68. The molecule has 0 bridgehead atoms. The molecule has 4 rings (SSSR count). The van der Waals surface area contributed by atoms with Gasteiger partial charge in [-0.2, -0.15) is 0 Å². The standard InChI is InChI=1S/C17H17N3O3S/c21-17-15(8-12-10-18-7-6-14(12)19-17)20-24(22,23)16-9-13(16)11-4-2-1-3-5-11/h1-7,10,13,15-16,20H,8-9H2,(H,19,21)/t13-,15?,16+/m0/s1. The van der Waals surface area contributed by atoms with Crippen molar-refractivity contribution in [2.45, 2.75) is 30.1 Å². The molecule has 2 aliphatic rings. The fourth-order valence-corrected chi connectivity index (χ4v) is 5.00. The van der Waals surface area contributed by atoms with Crippen LogP contribution in [0, 0.1) is 0 Å². The van der Waals surface area contributed by atoms with E-state index < -0.39 is 21.3 Å². The highest BCUT2D eigenvalue weighted by Gasteiger charge is 2.49. The van der Waals surface area contributed by atoms with Gasteiger partial charge < -0.3 is 5.32 Å². The first-order chi connectivity index (χ1) is 11.5. The molecule has 2 N–H and O–H groups in total. The predicted molar refractivity (Wildman–Crippen MR) is 90.0 cm³/mol. The van der Waals surface area contributed by atoms with Crippen LogP contribution < -0.4 is 10.0 Å². The van der Waals surface area contributed by atoms with E-state index in [0.29, 0.717) is 18.5 Å². The first-order valence-electron chi connectivity index (χ1n) is 7.84. The van der Waals surface area contributed by atoms with Gasteiger partial charge in [-0.3, -0.25) is 9.78 Å². The van der Waals surface area contributed by atoms with E-state index >= 15 is 0 Å². The van der Waals surface area contributed by atoms with Crippen LogP contribution in [0.1, 0.15) is 23.5 Å². The van der Waals surface area contributed by atoms with E-state index in [4.69, 9.17) is 0 Å². The van der Waals surface area contributed by atoms with Gasteiger partial charge >= 0.3 is 0 Å². The molecule has 1 saturated carbocycles. The van der Waals surface area contributed by atoms with Crippen LogP contribution in [-0.4, -0.2) is 30.6 Å². The number of amides is 1. The van der Waals surface area contributed by atoms with E-state index in [1.54, 1.807) is 18.5 Å². The number of rotatable bonds is 4. The van der Waals surface area contributed by atoms with Crippen LogP contribution in [0.15, 0.2) is 48.8 Å². The second-order valence-corrected chi connectivity index (χ2v) is 8.16. The third-order valence-corrected chi connectivity index (χ3v) is 6.50. The van der Waals surface area contributed by atoms with Gasteiger partial charge in [0.05, 0.1) is 5.25 Å². The fourth-order valence-electron chi connectivity index (χ4n) is 3.19. The number of aromatic nitrogens is 1. The lowest BCUT2D eigenvalue weighted by Gasteiger charge is -2.24. The van der Waals surface area contributed by atoms with E-state index in [0.717, 1.165) is 11.1 Å². The topological polar surface area (TPSA) is 88.2 Å². The zero-order valence-corrected chi connectivity index (χ0v) is 13.7. The van der Waals surface area contributed by atoms with E-state index in [1.807, 2.05) is 30.3 Å². The first-order valence-corrected chi connectivity index (χ1v) is 9.39. The summed E-state index contributed by atoms with van der Waals surface area (Å²) in [6.45, 7) is 0. The summed E-state index contributed by atoms with van der Waals surface area (Å²) in [5.74, 6) is -0.321. The van der Waals surface area contributed by atoms with E-state index in [2.05, 4.69) is 15.0 Å². The monoisotopic (exact) mass is 343 g/mol. The molecule has 3 atom stereocenters. The molecule has 0 saturated heterocycles. The smallest absolute Gasteiger partial charge is 0.242 e. The lowest BCUT2D eigenvalue weighted by molar-refractivity contribution is -0.118. The van der Waals surface area contributed by atoms with Crippen molar-refractivity contribution in [3.05, 3.63) is 59.9 Å². The Kier molecular flexibility index (Phi) is 3.62. The molecule has 24 heavy (non-hydrogen) atoms. The Bertz CT molecular complexity index is 883. The predicted octanol–water partition coefficient (Wildman–Crippen LogP) is 1.42. The van der Waals surface area contributed by atoms with Crippen LogP contribution in [-0.2, 0) is 21.2 Å². The average molecular weight is 343 g/mol. The number of anilines is 1. The summed E-state index contributed by atoms with van der Waals surface area (Å²) in [4.78, 5) is 16.2. The third kappa shape index (κ3) is 2.81. The van der Waals surface area contributed by atoms with Gasteiger partial charge in [0.2, 0.25) is 15.9 Å². The van der Waals surface area contributed by atoms with Crippen LogP contribution in [0.3, 0.4) is 0 Å². The summed E-state index contributed by atoms with van der Waals surface area (Å²) in [5.41, 5.74) is 2.55. The van der Waals surface area contributed by atoms with Crippen molar-refractivity contribution >= 4 is 21.6 Å². The van der Waals surface area contributed by atoms with E-state index in [9.17, 15) is 13.2 Å². The molecule has 1 aromatic heterocycles. The molecular formula is C17H17N3O3S. The number of nitrogens with zero attached hydrogens (tertiary/aromatic N) is 1. The number of hydrogen-bond donors (Lipinski definition) is 2. The maximum atomic E-state index is 12.6. The number of pyridine rings is 1. The Morgan fingerprint density at radius 3 is 2.75 bits per heavy atom. The van der Waals surface area contributed by atoms with Gasteiger partial charge in [0, 0.05) is 30.4 Å². The quantitative estimate of drug-likeness (QED) is 0.879. The maximum Gasteiger partial charge on any atom is 0.242 e. The fraction of sp³-hybridized carbons (Fsp3) is 0.294. The average Bonchev–Trinajstić information content (AvgIpc) is 3.38. The molecule has 124 valence electrons. The molecule has 0 radical (unpaired) electrons. The zero-order valence-electron chi connectivity index (χ0n) is 12.8. The van der Waals surface area contributed by atoms with Crippen molar-refractivity contribution in [1.82, 2.24) is 9.71 Å². The Morgan fingerprint density at radius 1 is 1.17 bits per heavy atom. The minimum absolute atomic E-state index is 0.00399. The van der Waals surface area contributed by atoms with Gasteiger partial charge in [0.25, 0.3) is 0 Å². The third-order valence-electron chi connectivity index (χ3n) is 4.57. The van der Waals surface area contributed by atoms with Gasteiger partial charge in [0.1, 0.15) is 6.04 Å². The van der Waals surface area contributed by atoms with Gasteiger partial charge in [0.15, 0.2) is 0 Å². The van der Waals surface area contributed by atoms with Crippen LogP contribution in [0.5, 0.6) is 0 Å². The summed E-state index contributed by atoms with van der Waals surface area (Å²) in [5, 5.41) is 2.26. The number of nitrogens with one attached hydrogen (secondary N) is 2. The second-order valence-electron chi connectivity index (χ2n) is 6.23. The highest BCUT2D eigenvalue weighted by atomic mass is 32.2. The van der Waals surface area contributed by atoms with Gasteiger partial charge in [-0.05, 0) is 23.6 Å². The summed E-state index contributed by atoms with van der Waals surface area (Å²) < 4.78 is 27.8. The molecule has 1 aliphatic heterocycles. The Balaban J connectivity index is 1.48. The number of benzene rings is 1. The maximum absolute atomic E-state index is 12.6. The molecule has 6 nitrogen and oxygen atoms in total. The Morgan fingerprint density at radius 2 is 1.96 bits per heavy atom. The number of fused-ring (bicyclic) bond motifs is 1. The van der Waals surface area contributed by atoms with Gasteiger partial charge in [-0.1, -0.05) is 30.3 Å². The van der Waals surface area contributed by atoms with Crippen molar-refractivity contribution in [1.29, 1.82) is 0 Å². The number of sulfonamides is 1. The van der Waals surface area contributed by atoms with E-state index in [-0.39, 0.29) is 11.8 Å². The number of carbonyl (C=O) groups excluding carboxylic acids is 1. The Hall–Kier alpha value is -2.25. The molecular weight excluding hydrogens is 326 g/mol. The summed E-state index contributed by atoms with van der Waals surface area (Å²) >= 11 is 0. The summed E-state index contributed by atoms with van der Waals surface area (Å²) in [6, 6.07) is 10.5. The zero-order chi connectivity index (χ0) is 16.7. The molecule has 1 amide bonds. The molecule has 1 unspecified atom stereocenters. The van der Waals surface area contributed by atoms with Crippen molar-refractivity contribution in [2.24, 2.45) is 0 Å². The molecule has 1 aliphatic carbocycles. The summed E-state index contributed by atoms with van der Waals surface area (Å²) in [6.07, 6.45) is 4.15. The summed E-state index contributed by atoms with van der Waals surface area (Å²) in [7, 11) is -3.55. The highest BCUT2D eigenvalue weighted by molar-refractivity contribution is 7.90. The van der Waals surface area contributed by atoms with Gasteiger partial charge in [-0.25, -0.2) is 13.1 Å². The van der Waals surface area contributed by atoms with Crippen molar-refractivity contribution in [2.75, 3.05) is 5.32 Å². The molecule has 1 fully saturated rings. The molecule has 1 aromatic carbocycles. The number of carbonyl (C=O) groups is 1. The number of hydrogen-bond acceptors (Lipinski definition) is 4. The van der Waals surface area contributed by atoms with Crippen LogP contribution >= 0.6 is 0 Å². The minimum atomic E-state index is -3.55. The minimum Gasteiger partial charge on any atom is -0.324 e. The molecule has 2 aromatic rings. The Labute approximate surface area is 140 Å². The lowest BCUT2D eigenvalue weighted by atomic mass is 10.0. The SMILES string of the molecule is O=C1Nc2ccncc2CC1NS(=O)(=O)[C@@H]1C[C@H]1c1ccccc1. The largest absolute Gasteiger partial charge is 0.324 e. The van der Waals surface area contributed by atoms with Crippen molar-refractivity contribution in [3.8, 4) is 0 Å². The van der Waals surface area contributed by atoms with E-state index in [1.165, 1.54) is 0 Å². The molecule has 0 spiro atoms. The molecule has 7 heteroatoms. The van der Waals surface area contributed by atoms with Crippen LogP contribution in [0.25, 0.3) is 0 Å². The highest BCUT2D eigenvalue weighted by Crippen LogP contribution is 2.45. The lowest BCUT2D eigenvalue weighted by Crippen LogP contribution is -2.48. The van der Waals surface area contributed by atoms with Crippen molar-refractivity contribution < 1.29 is 13.2 Å². The van der Waals surface area contributed by atoms with Crippen molar-refractivity contribution in [3.63, 3.8) is 0 Å². The normalized spacial score (nSPS) is 25.7.